The van der Waals surface area contributed by atoms with E-state index in [4.69, 9.17) is 4.74 Å². The monoisotopic (exact) mass is 577 g/mol. The third-order valence-electron chi connectivity index (χ3n) is 7.74. The number of hydrogen-bond acceptors (Lipinski definition) is 5. The van der Waals surface area contributed by atoms with Crippen LogP contribution in [-0.2, 0) is 29.5 Å². The summed E-state index contributed by atoms with van der Waals surface area (Å²) in [4.78, 5) is 42.5. The lowest BCUT2D eigenvalue weighted by Crippen LogP contribution is -2.49. The van der Waals surface area contributed by atoms with Crippen LogP contribution in [0.2, 0.25) is 0 Å². The molecular weight excluding hydrogens is 534 g/mol. The summed E-state index contributed by atoms with van der Waals surface area (Å²) >= 11 is 0. The van der Waals surface area contributed by atoms with Crippen molar-refractivity contribution in [2.75, 3.05) is 32.1 Å². The average molecular weight is 578 g/mol. The summed E-state index contributed by atoms with van der Waals surface area (Å²) in [6.07, 6.45) is 1.81. The number of rotatable bonds is 8. The molecule has 0 saturated carbocycles. The zero-order chi connectivity index (χ0) is 30.6. The quantitative estimate of drug-likeness (QED) is 0.379. The summed E-state index contributed by atoms with van der Waals surface area (Å²) in [6, 6.07) is 12.7. The first-order valence-corrected chi connectivity index (χ1v) is 14.5. The van der Waals surface area contributed by atoms with E-state index in [9.17, 15) is 19.5 Å². The fraction of sp³-hybridized carbons (Fsp3) is 0.469. The van der Waals surface area contributed by atoms with Gasteiger partial charge < -0.3 is 34.8 Å². The van der Waals surface area contributed by atoms with Crippen molar-refractivity contribution in [3.8, 4) is 5.75 Å². The molecule has 0 radical (unpaired) electrons. The lowest BCUT2D eigenvalue weighted by Gasteiger charge is -2.34. The number of aryl methyl sites for hydroxylation is 1. The van der Waals surface area contributed by atoms with E-state index in [1.54, 1.807) is 35.0 Å². The maximum Gasteiger partial charge on any atom is 0.317 e. The van der Waals surface area contributed by atoms with Crippen LogP contribution in [0.25, 0.3) is 10.9 Å². The summed E-state index contributed by atoms with van der Waals surface area (Å²) < 4.78 is 8.50. The van der Waals surface area contributed by atoms with E-state index in [0.717, 1.165) is 16.5 Å². The second kappa shape index (κ2) is 13.3. The van der Waals surface area contributed by atoms with Crippen molar-refractivity contribution in [1.82, 2.24) is 19.7 Å². The van der Waals surface area contributed by atoms with E-state index in [1.807, 2.05) is 69.8 Å². The third kappa shape index (κ3) is 7.23. The molecule has 1 aliphatic rings. The van der Waals surface area contributed by atoms with Gasteiger partial charge in [0.2, 0.25) is 11.8 Å². The first-order valence-electron chi connectivity index (χ1n) is 14.5. The number of ether oxygens (including phenoxy) is 1. The summed E-state index contributed by atoms with van der Waals surface area (Å²) in [5, 5.41) is 16.8. The Morgan fingerprint density at radius 3 is 2.62 bits per heavy atom. The highest BCUT2D eigenvalue weighted by atomic mass is 16.5. The number of anilines is 1. The molecule has 42 heavy (non-hydrogen) atoms. The molecule has 226 valence electrons. The van der Waals surface area contributed by atoms with Crippen LogP contribution in [0.3, 0.4) is 0 Å². The van der Waals surface area contributed by atoms with Crippen LogP contribution in [0.5, 0.6) is 5.75 Å². The summed E-state index contributed by atoms with van der Waals surface area (Å²) in [5.74, 6) is 0.0900. The van der Waals surface area contributed by atoms with Crippen LogP contribution in [0, 0.1) is 5.92 Å². The van der Waals surface area contributed by atoms with Gasteiger partial charge in [0, 0.05) is 61.0 Å². The molecule has 1 aliphatic heterocycles. The van der Waals surface area contributed by atoms with Crippen LogP contribution in [0.4, 0.5) is 10.5 Å². The topological polar surface area (TPSA) is 116 Å². The molecule has 0 unspecified atom stereocenters. The van der Waals surface area contributed by atoms with Crippen molar-refractivity contribution in [2.45, 2.75) is 58.7 Å². The molecule has 0 fully saturated rings. The fourth-order valence-electron chi connectivity index (χ4n) is 5.38. The number of para-hydroxylation sites is 1. The average Bonchev–Trinajstić information content (AvgIpc) is 3.27. The van der Waals surface area contributed by atoms with Crippen LogP contribution in [0.15, 0.2) is 48.7 Å². The van der Waals surface area contributed by atoms with Gasteiger partial charge in [0.25, 0.3) is 0 Å². The molecule has 10 heteroatoms. The van der Waals surface area contributed by atoms with E-state index in [2.05, 4.69) is 10.6 Å². The Balaban J connectivity index is 1.58. The molecule has 10 nitrogen and oxygen atoms in total. The Hall–Kier alpha value is -4.05. The summed E-state index contributed by atoms with van der Waals surface area (Å²) in [7, 11) is 3.68. The largest absolute Gasteiger partial charge is 0.488 e. The van der Waals surface area contributed by atoms with Crippen molar-refractivity contribution < 1.29 is 24.2 Å². The minimum atomic E-state index is -0.419. The molecule has 3 N–H and O–H groups in total. The minimum absolute atomic E-state index is 0.00712. The fourth-order valence-corrected chi connectivity index (χ4v) is 5.38. The van der Waals surface area contributed by atoms with Crippen molar-refractivity contribution in [3.05, 3.63) is 59.8 Å². The van der Waals surface area contributed by atoms with E-state index >= 15 is 0 Å². The lowest BCUT2D eigenvalue weighted by molar-refractivity contribution is -0.134. The van der Waals surface area contributed by atoms with Crippen LogP contribution in [0.1, 0.15) is 38.8 Å². The van der Waals surface area contributed by atoms with Gasteiger partial charge in [-0.25, -0.2) is 4.79 Å². The molecule has 4 amide bonds. The first-order chi connectivity index (χ1) is 20.0. The third-order valence-corrected chi connectivity index (χ3v) is 7.74. The Kier molecular flexibility index (Phi) is 9.78. The molecule has 0 aliphatic carbocycles. The minimum Gasteiger partial charge on any atom is -0.488 e. The molecule has 3 atom stereocenters. The summed E-state index contributed by atoms with van der Waals surface area (Å²) in [6.45, 7) is 8.10. The number of likely N-dealkylation sites (N-methyl/N-ethyl adjacent to an activating group) is 1. The molecular formula is C32H43N5O5. The van der Waals surface area contributed by atoms with E-state index < -0.39 is 6.10 Å². The summed E-state index contributed by atoms with van der Waals surface area (Å²) in [5.41, 5.74) is 3.19. The Morgan fingerprint density at radius 2 is 1.90 bits per heavy atom. The number of hydrogen-bond donors (Lipinski definition) is 3. The van der Waals surface area contributed by atoms with Crippen molar-refractivity contribution >= 4 is 34.4 Å². The van der Waals surface area contributed by atoms with Crippen LogP contribution >= 0.6 is 0 Å². The number of carbonyl (C=O) groups excluding carboxylic acids is 3. The molecule has 3 aromatic rings. The van der Waals surface area contributed by atoms with Crippen molar-refractivity contribution in [3.63, 3.8) is 0 Å². The smallest absolute Gasteiger partial charge is 0.317 e. The molecule has 0 saturated heterocycles. The number of aromatic nitrogens is 1. The van der Waals surface area contributed by atoms with E-state index in [1.165, 1.54) is 0 Å². The van der Waals surface area contributed by atoms with Gasteiger partial charge in [-0.2, -0.15) is 0 Å². The lowest BCUT2D eigenvalue weighted by atomic mass is 10.0. The molecule has 0 spiro atoms. The number of aliphatic hydroxyl groups is 1. The SMILES string of the molecule is CC(C)NC(=O)N(C)C[C@H]1Oc2ccc(NC(=O)Cc3cn(C)c4ccccc34)cc2CC(=O)N([C@H](C)CO)C[C@@H]1C. The van der Waals surface area contributed by atoms with Gasteiger partial charge in [-0.1, -0.05) is 25.1 Å². The van der Waals surface area contributed by atoms with E-state index in [0.29, 0.717) is 30.1 Å². The first kappa shape index (κ1) is 30.9. The Bertz CT molecular complexity index is 1430. The van der Waals surface area contributed by atoms with Crippen LogP contribution in [-0.4, -0.2) is 82.3 Å². The number of amides is 4. The highest BCUT2D eigenvalue weighted by molar-refractivity contribution is 5.96. The number of nitrogens with zero attached hydrogens (tertiary/aromatic N) is 3. The Labute approximate surface area is 247 Å². The van der Waals surface area contributed by atoms with Gasteiger partial charge in [-0.15, -0.1) is 0 Å². The number of fused-ring (bicyclic) bond motifs is 2. The van der Waals surface area contributed by atoms with Gasteiger partial charge in [-0.05, 0) is 50.6 Å². The van der Waals surface area contributed by atoms with Gasteiger partial charge >= 0.3 is 6.03 Å². The van der Waals surface area contributed by atoms with Gasteiger partial charge in [0.1, 0.15) is 11.9 Å². The second-order valence-electron chi connectivity index (χ2n) is 11.7. The zero-order valence-electron chi connectivity index (χ0n) is 25.4. The highest BCUT2D eigenvalue weighted by Gasteiger charge is 2.32. The number of carbonyl (C=O) groups is 3. The van der Waals surface area contributed by atoms with Gasteiger partial charge in [0.05, 0.1) is 32.0 Å². The van der Waals surface area contributed by atoms with E-state index in [-0.39, 0.29) is 55.3 Å². The van der Waals surface area contributed by atoms with Crippen molar-refractivity contribution in [2.24, 2.45) is 13.0 Å². The van der Waals surface area contributed by atoms with Crippen LogP contribution < -0.4 is 15.4 Å². The predicted octanol–water partition coefficient (Wildman–Crippen LogP) is 3.56. The number of urea groups is 1. The number of nitrogens with one attached hydrogen (secondary N) is 2. The molecule has 2 aromatic carbocycles. The molecule has 1 aromatic heterocycles. The normalized spacial score (nSPS) is 18.0. The standard InChI is InChI=1S/C32H43N5O5/c1-20(2)33-32(41)36(6)18-29-21(3)16-37(22(4)19-38)31(40)15-23-13-25(11-12-28(23)42-29)34-30(39)14-24-17-35(5)27-10-8-7-9-26(24)27/h7-13,17,20-22,29,38H,14-16,18-19H2,1-6H3,(H,33,41)(H,34,39)/t21-,22+,29+/m0/s1. The number of benzene rings is 2. The van der Waals surface area contributed by atoms with Gasteiger partial charge in [0.15, 0.2) is 0 Å². The Morgan fingerprint density at radius 1 is 1.17 bits per heavy atom. The molecule has 4 rings (SSSR count). The number of aliphatic hydroxyl groups excluding tert-OH is 1. The highest BCUT2D eigenvalue weighted by Crippen LogP contribution is 2.29. The van der Waals surface area contributed by atoms with Gasteiger partial charge in [-0.3, -0.25) is 9.59 Å². The predicted molar refractivity (Wildman–Crippen MR) is 164 cm³/mol. The molecule has 0 bridgehead atoms. The maximum absolute atomic E-state index is 13.5. The second-order valence-corrected chi connectivity index (χ2v) is 11.7. The van der Waals surface area contributed by atoms with Crippen molar-refractivity contribution in [1.29, 1.82) is 0 Å². The zero-order valence-corrected chi connectivity index (χ0v) is 25.4. The maximum atomic E-state index is 13.5. The molecule has 2 heterocycles.